The predicted molar refractivity (Wildman–Crippen MR) is 67.5 cm³/mol. The lowest BCUT2D eigenvalue weighted by atomic mass is 9.89. The summed E-state index contributed by atoms with van der Waals surface area (Å²) in [5.41, 5.74) is 1.39. The largest absolute Gasteiger partial charge is 0.315 e. The van der Waals surface area contributed by atoms with E-state index in [-0.39, 0.29) is 5.54 Å². The molecule has 0 radical (unpaired) electrons. The van der Waals surface area contributed by atoms with Gasteiger partial charge in [-0.3, -0.25) is 4.68 Å². The van der Waals surface area contributed by atoms with Crippen molar-refractivity contribution in [3.05, 3.63) is 18.0 Å². The summed E-state index contributed by atoms with van der Waals surface area (Å²) in [6.07, 6.45) is 5.02. The lowest BCUT2D eigenvalue weighted by Gasteiger charge is -2.40. The highest BCUT2D eigenvalue weighted by Gasteiger charge is 2.30. The minimum atomic E-state index is 0.116. The number of nitrogens with one attached hydrogen (secondary N) is 1. The summed E-state index contributed by atoms with van der Waals surface area (Å²) in [4.78, 5) is 2.25. The van der Waals surface area contributed by atoms with Crippen molar-refractivity contribution in [3.8, 4) is 0 Å². The van der Waals surface area contributed by atoms with Crippen LogP contribution < -0.4 is 5.32 Å². The summed E-state index contributed by atoms with van der Waals surface area (Å²) < 4.78 is 1.85. The third-order valence-corrected chi connectivity index (χ3v) is 3.55. The Balaban J connectivity index is 2.76. The van der Waals surface area contributed by atoms with E-state index in [2.05, 4.69) is 49.5 Å². The van der Waals surface area contributed by atoms with E-state index in [1.165, 1.54) is 5.56 Å². The number of hydrogen-bond donors (Lipinski definition) is 1. The Morgan fingerprint density at radius 1 is 1.50 bits per heavy atom. The van der Waals surface area contributed by atoms with Crippen molar-refractivity contribution in [1.82, 2.24) is 20.0 Å². The van der Waals surface area contributed by atoms with Crippen LogP contribution >= 0.6 is 0 Å². The third kappa shape index (κ3) is 2.83. The Morgan fingerprint density at radius 2 is 2.12 bits per heavy atom. The van der Waals surface area contributed by atoms with Gasteiger partial charge in [0.05, 0.1) is 6.20 Å². The Bertz CT molecular complexity index is 328. The van der Waals surface area contributed by atoms with Gasteiger partial charge in [-0.05, 0) is 47.0 Å². The number of rotatable bonds is 5. The molecule has 16 heavy (non-hydrogen) atoms. The second-order valence-corrected chi connectivity index (χ2v) is 5.12. The summed E-state index contributed by atoms with van der Waals surface area (Å²) in [6, 6.07) is 0.409. The molecule has 1 N–H and O–H groups in total. The molecule has 4 heteroatoms. The van der Waals surface area contributed by atoms with Gasteiger partial charge in [0, 0.05) is 24.8 Å². The molecule has 0 amide bonds. The molecule has 1 atom stereocenters. The highest BCUT2D eigenvalue weighted by molar-refractivity contribution is 5.09. The molecule has 1 aromatic heterocycles. The molecule has 0 saturated heterocycles. The van der Waals surface area contributed by atoms with E-state index >= 15 is 0 Å². The molecule has 92 valence electrons. The van der Waals surface area contributed by atoms with Gasteiger partial charge < -0.3 is 10.2 Å². The Hall–Kier alpha value is -0.870. The second-order valence-electron chi connectivity index (χ2n) is 5.12. The molecule has 1 heterocycles. The van der Waals surface area contributed by atoms with Crippen LogP contribution in [0.2, 0.25) is 0 Å². The van der Waals surface area contributed by atoms with Gasteiger partial charge in [-0.2, -0.15) is 5.10 Å². The average Bonchev–Trinajstić information content (AvgIpc) is 2.60. The first-order chi connectivity index (χ1) is 7.37. The number of aromatic nitrogens is 2. The van der Waals surface area contributed by atoms with Gasteiger partial charge in [-0.25, -0.2) is 0 Å². The zero-order chi connectivity index (χ0) is 12.3. The summed E-state index contributed by atoms with van der Waals surface area (Å²) in [7, 11) is 8.21. The summed E-state index contributed by atoms with van der Waals surface area (Å²) in [6.45, 7) is 4.51. The van der Waals surface area contributed by atoms with Gasteiger partial charge in [0.2, 0.25) is 0 Å². The van der Waals surface area contributed by atoms with Gasteiger partial charge in [0.15, 0.2) is 0 Å². The molecule has 0 fully saturated rings. The smallest absolute Gasteiger partial charge is 0.0522 e. The Labute approximate surface area is 98.6 Å². The molecule has 0 aliphatic carbocycles. The molecule has 0 saturated carbocycles. The minimum absolute atomic E-state index is 0.116. The van der Waals surface area contributed by atoms with Crippen molar-refractivity contribution in [2.45, 2.75) is 31.8 Å². The van der Waals surface area contributed by atoms with Crippen LogP contribution in [-0.2, 0) is 13.5 Å². The van der Waals surface area contributed by atoms with Gasteiger partial charge in [-0.1, -0.05) is 0 Å². The highest BCUT2D eigenvalue weighted by atomic mass is 15.2. The van der Waals surface area contributed by atoms with Crippen LogP contribution in [0.15, 0.2) is 12.4 Å². The van der Waals surface area contributed by atoms with E-state index in [1.807, 2.05) is 25.0 Å². The maximum absolute atomic E-state index is 4.21. The van der Waals surface area contributed by atoms with Gasteiger partial charge in [0.25, 0.3) is 0 Å². The molecule has 0 aliphatic heterocycles. The van der Waals surface area contributed by atoms with Crippen LogP contribution in [0.3, 0.4) is 0 Å². The summed E-state index contributed by atoms with van der Waals surface area (Å²) in [5.74, 6) is 0. The predicted octanol–water partition coefficient (Wildman–Crippen LogP) is 0.891. The Kier molecular flexibility index (Phi) is 4.10. The van der Waals surface area contributed by atoms with Crippen LogP contribution in [-0.4, -0.2) is 47.4 Å². The van der Waals surface area contributed by atoms with Crippen molar-refractivity contribution in [2.75, 3.05) is 21.1 Å². The molecule has 0 bridgehead atoms. The van der Waals surface area contributed by atoms with Gasteiger partial charge >= 0.3 is 0 Å². The lowest BCUT2D eigenvalue weighted by Crippen LogP contribution is -2.55. The maximum atomic E-state index is 4.21. The zero-order valence-electron chi connectivity index (χ0n) is 11.3. The van der Waals surface area contributed by atoms with Gasteiger partial charge in [-0.15, -0.1) is 0 Å². The van der Waals surface area contributed by atoms with Crippen molar-refractivity contribution in [3.63, 3.8) is 0 Å². The molecule has 0 spiro atoms. The molecule has 1 unspecified atom stereocenters. The van der Waals surface area contributed by atoms with E-state index in [0.29, 0.717) is 6.04 Å². The van der Waals surface area contributed by atoms with E-state index in [9.17, 15) is 0 Å². The van der Waals surface area contributed by atoms with Crippen molar-refractivity contribution in [2.24, 2.45) is 7.05 Å². The zero-order valence-corrected chi connectivity index (χ0v) is 11.3. The topological polar surface area (TPSA) is 33.1 Å². The molecular weight excluding hydrogens is 200 g/mol. The van der Waals surface area contributed by atoms with Crippen LogP contribution in [0.1, 0.15) is 19.4 Å². The van der Waals surface area contributed by atoms with Crippen LogP contribution in [0.4, 0.5) is 0 Å². The fraction of sp³-hybridized carbons (Fsp3) is 0.750. The molecular formula is C12H24N4. The van der Waals surface area contributed by atoms with E-state index in [1.54, 1.807) is 0 Å². The van der Waals surface area contributed by atoms with Crippen molar-refractivity contribution < 1.29 is 0 Å². The summed E-state index contributed by atoms with van der Waals surface area (Å²) in [5, 5.41) is 7.61. The fourth-order valence-electron chi connectivity index (χ4n) is 1.83. The van der Waals surface area contributed by atoms with E-state index < -0.39 is 0 Å². The molecule has 4 nitrogen and oxygen atoms in total. The first kappa shape index (κ1) is 13.2. The SMILES string of the molecule is CNC(Cc1cnn(C)c1)C(C)(C)N(C)C. The first-order valence-electron chi connectivity index (χ1n) is 5.70. The normalized spacial score (nSPS) is 14.4. The number of nitrogens with zero attached hydrogens (tertiary/aromatic N) is 3. The van der Waals surface area contributed by atoms with Crippen LogP contribution in [0, 0.1) is 0 Å². The van der Waals surface area contributed by atoms with Crippen LogP contribution in [0.5, 0.6) is 0 Å². The average molecular weight is 224 g/mol. The minimum Gasteiger partial charge on any atom is -0.315 e. The van der Waals surface area contributed by atoms with E-state index in [4.69, 9.17) is 0 Å². The Morgan fingerprint density at radius 3 is 2.50 bits per heavy atom. The van der Waals surface area contributed by atoms with Gasteiger partial charge in [0.1, 0.15) is 0 Å². The standard InChI is InChI=1S/C12H24N4/c1-12(2,15(4)5)11(13-3)7-10-8-14-16(6)9-10/h8-9,11,13H,7H2,1-6H3. The second kappa shape index (κ2) is 4.97. The monoisotopic (exact) mass is 224 g/mol. The number of hydrogen-bond acceptors (Lipinski definition) is 3. The number of aryl methyl sites for hydroxylation is 1. The highest BCUT2D eigenvalue weighted by Crippen LogP contribution is 2.19. The van der Waals surface area contributed by atoms with Crippen molar-refractivity contribution >= 4 is 0 Å². The third-order valence-electron chi connectivity index (χ3n) is 3.55. The first-order valence-corrected chi connectivity index (χ1v) is 5.70. The quantitative estimate of drug-likeness (QED) is 0.806. The molecule has 1 rings (SSSR count). The molecule has 0 aromatic carbocycles. The number of likely N-dealkylation sites (N-methyl/N-ethyl adjacent to an activating group) is 2. The lowest BCUT2D eigenvalue weighted by molar-refractivity contribution is 0.141. The summed E-state index contributed by atoms with van der Waals surface area (Å²) >= 11 is 0. The maximum Gasteiger partial charge on any atom is 0.0522 e. The van der Waals surface area contributed by atoms with Crippen LogP contribution in [0.25, 0.3) is 0 Å². The van der Waals surface area contributed by atoms with E-state index in [0.717, 1.165) is 6.42 Å². The van der Waals surface area contributed by atoms with Crippen molar-refractivity contribution in [1.29, 1.82) is 0 Å². The molecule has 1 aromatic rings. The molecule has 0 aliphatic rings. The fourth-order valence-corrected chi connectivity index (χ4v) is 1.83.